The van der Waals surface area contributed by atoms with Crippen LogP contribution in [-0.2, 0) is 9.53 Å². The highest BCUT2D eigenvalue weighted by Gasteiger charge is 2.35. The van der Waals surface area contributed by atoms with E-state index in [1.165, 1.54) is 0 Å². The molecule has 4 nitrogen and oxygen atoms in total. The summed E-state index contributed by atoms with van der Waals surface area (Å²) in [7, 11) is 1.68. The Morgan fingerprint density at radius 1 is 1.39 bits per heavy atom. The normalized spacial score (nSPS) is 28.6. The van der Waals surface area contributed by atoms with Crippen molar-refractivity contribution in [3.8, 4) is 0 Å². The summed E-state index contributed by atoms with van der Waals surface area (Å²) in [6.45, 7) is 5.19. The zero-order valence-corrected chi connectivity index (χ0v) is 11.7. The van der Waals surface area contributed by atoms with E-state index in [0.717, 1.165) is 51.0 Å². The van der Waals surface area contributed by atoms with Crippen LogP contribution >= 0.6 is 0 Å². The summed E-state index contributed by atoms with van der Waals surface area (Å²) in [5.41, 5.74) is -0.199. The van der Waals surface area contributed by atoms with Gasteiger partial charge < -0.3 is 14.6 Å². The summed E-state index contributed by atoms with van der Waals surface area (Å²) in [6.07, 6.45) is 5.38. The van der Waals surface area contributed by atoms with Crippen molar-refractivity contribution in [1.82, 2.24) is 4.90 Å². The van der Waals surface area contributed by atoms with Crippen LogP contribution in [0.4, 0.5) is 0 Å². The number of aldehydes is 1. The van der Waals surface area contributed by atoms with Gasteiger partial charge in [-0.2, -0.15) is 0 Å². The summed E-state index contributed by atoms with van der Waals surface area (Å²) in [4.78, 5) is 13.6. The number of hydrogen-bond donors (Lipinski definition) is 1. The molecule has 106 valence electrons. The number of aliphatic hydroxyl groups excluding tert-OH is 1. The van der Waals surface area contributed by atoms with E-state index >= 15 is 0 Å². The molecule has 0 heterocycles. The summed E-state index contributed by atoms with van der Waals surface area (Å²) in [5, 5.41) is 9.09. The molecule has 0 saturated heterocycles. The van der Waals surface area contributed by atoms with Crippen LogP contribution in [0.2, 0.25) is 0 Å². The van der Waals surface area contributed by atoms with Crippen LogP contribution in [-0.4, -0.2) is 56.3 Å². The molecule has 0 radical (unpaired) electrons. The Kier molecular flexibility index (Phi) is 6.82. The van der Waals surface area contributed by atoms with Gasteiger partial charge in [-0.3, -0.25) is 4.90 Å². The van der Waals surface area contributed by atoms with Crippen LogP contribution in [0.25, 0.3) is 0 Å². The molecule has 0 aromatic heterocycles. The molecular formula is C14H27NO3. The van der Waals surface area contributed by atoms with Crippen molar-refractivity contribution in [1.29, 1.82) is 0 Å². The zero-order chi connectivity index (χ0) is 13.4. The topological polar surface area (TPSA) is 49.8 Å². The third kappa shape index (κ3) is 4.67. The molecule has 4 heteroatoms. The summed E-state index contributed by atoms with van der Waals surface area (Å²) in [5.74, 6) is 0.739. The van der Waals surface area contributed by atoms with Crippen LogP contribution < -0.4 is 0 Å². The minimum atomic E-state index is -0.199. The predicted octanol–water partition coefficient (Wildman–Crippen LogP) is 1.32. The van der Waals surface area contributed by atoms with Crippen molar-refractivity contribution in [2.75, 3.05) is 40.0 Å². The average Bonchev–Trinajstić information content (AvgIpc) is 2.39. The first-order valence-electron chi connectivity index (χ1n) is 6.94. The van der Waals surface area contributed by atoms with Gasteiger partial charge in [0.2, 0.25) is 0 Å². The molecule has 1 saturated carbocycles. The first kappa shape index (κ1) is 15.6. The standard InChI is InChI=1S/C14H27NO3/c1-13-3-5-14(12-17,6-4-13)11-15(7-9-16)8-10-18-2/h12-13,16H,3-11H2,1-2H3. The van der Waals surface area contributed by atoms with Crippen molar-refractivity contribution in [2.24, 2.45) is 11.3 Å². The maximum Gasteiger partial charge on any atom is 0.127 e. The highest BCUT2D eigenvalue weighted by atomic mass is 16.5. The molecule has 0 atom stereocenters. The lowest BCUT2D eigenvalue weighted by Gasteiger charge is -2.38. The molecule has 1 rings (SSSR count). The number of hydrogen-bond acceptors (Lipinski definition) is 4. The van der Waals surface area contributed by atoms with E-state index in [9.17, 15) is 4.79 Å². The second-order valence-electron chi connectivity index (χ2n) is 5.66. The van der Waals surface area contributed by atoms with E-state index in [4.69, 9.17) is 9.84 Å². The highest BCUT2D eigenvalue weighted by Crippen LogP contribution is 2.37. The summed E-state index contributed by atoms with van der Waals surface area (Å²) < 4.78 is 5.08. The van der Waals surface area contributed by atoms with Crippen LogP contribution in [0.5, 0.6) is 0 Å². The minimum absolute atomic E-state index is 0.134. The first-order valence-corrected chi connectivity index (χ1v) is 6.94. The predicted molar refractivity (Wildman–Crippen MR) is 71.5 cm³/mol. The fourth-order valence-corrected chi connectivity index (χ4v) is 2.73. The van der Waals surface area contributed by atoms with Gasteiger partial charge >= 0.3 is 0 Å². The Hall–Kier alpha value is -0.450. The van der Waals surface area contributed by atoms with E-state index in [0.29, 0.717) is 13.2 Å². The van der Waals surface area contributed by atoms with E-state index in [2.05, 4.69) is 11.8 Å². The SMILES string of the molecule is COCCN(CCO)CC1(C=O)CCC(C)CC1. The number of rotatable bonds is 8. The minimum Gasteiger partial charge on any atom is -0.395 e. The maximum absolute atomic E-state index is 11.5. The molecule has 0 aromatic carbocycles. The van der Waals surface area contributed by atoms with Crippen molar-refractivity contribution in [3.63, 3.8) is 0 Å². The van der Waals surface area contributed by atoms with Gasteiger partial charge in [-0.05, 0) is 31.6 Å². The van der Waals surface area contributed by atoms with Crippen molar-refractivity contribution in [3.05, 3.63) is 0 Å². The lowest BCUT2D eigenvalue weighted by Crippen LogP contribution is -2.43. The van der Waals surface area contributed by atoms with E-state index in [1.807, 2.05) is 0 Å². The number of carbonyl (C=O) groups excluding carboxylic acids is 1. The Bertz CT molecular complexity index is 237. The van der Waals surface area contributed by atoms with Gasteiger partial charge in [0, 0.05) is 32.2 Å². The van der Waals surface area contributed by atoms with Crippen LogP contribution in [0.3, 0.4) is 0 Å². The number of methoxy groups -OCH3 is 1. The zero-order valence-electron chi connectivity index (χ0n) is 11.7. The molecular weight excluding hydrogens is 230 g/mol. The van der Waals surface area contributed by atoms with Crippen molar-refractivity contribution >= 4 is 6.29 Å². The van der Waals surface area contributed by atoms with Crippen LogP contribution in [0, 0.1) is 11.3 Å². The average molecular weight is 257 g/mol. The lowest BCUT2D eigenvalue weighted by atomic mass is 9.71. The fourth-order valence-electron chi connectivity index (χ4n) is 2.73. The van der Waals surface area contributed by atoms with Crippen LogP contribution in [0.15, 0.2) is 0 Å². The van der Waals surface area contributed by atoms with E-state index in [1.54, 1.807) is 7.11 Å². The second-order valence-corrected chi connectivity index (χ2v) is 5.66. The first-order chi connectivity index (χ1) is 8.65. The van der Waals surface area contributed by atoms with Crippen molar-refractivity contribution in [2.45, 2.75) is 32.6 Å². The maximum atomic E-state index is 11.5. The Balaban J connectivity index is 2.54. The molecule has 0 spiro atoms. The quantitative estimate of drug-likeness (QED) is 0.666. The van der Waals surface area contributed by atoms with Gasteiger partial charge in [-0.15, -0.1) is 0 Å². The summed E-state index contributed by atoms with van der Waals surface area (Å²) in [6, 6.07) is 0. The van der Waals surface area contributed by atoms with Gasteiger partial charge in [-0.25, -0.2) is 0 Å². The smallest absolute Gasteiger partial charge is 0.127 e. The van der Waals surface area contributed by atoms with Gasteiger partial charge in [-0.1, -0.05) is 6.92 Å². The number of carbonyl (C=O) groups is 1. The highest BCUT2D eigenvalue weighted by molar-refractivity contribution is 5.60. The lowest BCUT2D eigenvalue weighted by molar-refractivity contribution is -0.119. The monoisotopic (exact) mass is 257 g/mol. The van der Waals surface area contributed by atoms with Crippen molar-refractivity contribution < 1.29 is 14.6 Å². The van der Waals surface area contributed by atoms with Gasteiger partial charge in [0.15, 0.2) is 0 Å². The molecule has 1 fully saturated rings. The molecule has 0 aromatic rings. The third-order valence-corrected chi connectivity index (χ3v) is 4.09. The molecule has 1 aliphatic carbocycles. The molecule has 0 amide bonds. The Morgan fingerprint density at radius 3 is 2.56 bits per heavy atom. The van der Waals surface area contributed by atoms with Gasteiger partial charge in [0.1, 0.15) is 6.29 Å². The largest absolute Gasteiger partial charge is 0.395 e. The third-order valence-electron chi connectivity index (χ3n) is 4.09. The van der Waals surface area contributed by atoms with E-state index < -0.39 is 0 Å². The number of ether oxygens (including phenoxy) is 1. The van der Waals surface area contributed by atoms with Gasteiger partial charge in [0.25, 0.3) is 0 Å². The second kappa shape index (κ2) is 7.87. The summed E-state index contributed by atoms with van der Waals surface area (Å²) >= 11 is 0. The molecule has 1 aliphatic rings. The number of nitrogens with zero attached hydrogens (tertiary/aromatic N) is 1. The fraction of sp³-hybridized carbons (Fsp3) is 0.929. The molecule has 18 heavy (non-hydrogen) atoms. The Labute approximate surface area is 110 Å². The van der Waals surface area contributed by atoms with E-state index in [-0.39, 0.29) is 12.0 Å². The number of aliphatic hydroxyl groups is 1. The molecule has 0 bridgehead atoms. The molecule has 1 N–H and O–H groups in total. The van der Waals surface area contributed by atoms with Crippen LogP contribution in [0.1, 0.15) is 32.6 Å². The molecule has 0 aliphatic heterocycles. The van der Waals surface area contributed by atoms with Gasteiger partial charge in [0.05, 0.1) is 13.2 Å². The molecule has 0 unspecified atom stereocenters. The Morgan fingerprint density at radius 2 is 2.06 bits per heavy atom.